The first-order valence-corrected chi connectivity index (χ1v) is 6.47. The molecular formula is C18H19N. The summed E-state index contributed by atoms with van der Waals surface area (Å²) in [6.45, 7) is 8.64. The van der Waals surface area contributed by atoms with Gasteiger partial charge in [-0.15, -0.1) is 13.2 Å². The molecule has 2 aromatic rings. The van der Waals surface area contributed by atoms with E-state index >= 15 is 0 Å². The fraction of sp³-hybridized carbons (Fsp3) is 0.111. The predicted molar refractivity (Wildman–Crippen MR) is 83.4 cm³/mol. The summed E-state index contributed by atoms with van der Waals surface area (Å²) in [6.07, 6.45) is 3.90. The standard InChI is InChI=1S/C18H19N/c1-3-15-19(17-13-9-6-10-14-17)18(4-2)16-11-7-5-8-12-16/h3-14,18H,1-2,15H2. The van der Waals surface area contributed by atoms with Crippen LogP contribution in [0.2, 0.25) is 0 Å². The van der Waals surface area contributed by atoms with E-state index in [0.29, 0.717) is 0 Å². The molecular weight excluding hydrogens is 230 g/mol. The second-order valence-electron chi connectivity index (χ2n) is 4.37. The van der Waals surface area contributed by atoms with Crippen molar-refractivity contribution in [1.82, 2.24) is 0 Å². The van der Waals surface area contributed by atoms with Gasteiger partial charge in [0.2, 0.25) is 0 Å². The van der Waals surface area contributed by atoms with Gasteiger partial charge in [-0.25, -0.2) is 0 Å². The van der Waals surface area contributed by atoms with Crippen molar-refractivity contribution in [2.45, 2.75) is 6.04 Å². The van der Waals surface area contributed by atoms with E-state index in [9.17, 15) is 0 Å². The van der Waals surface area contributed by atoms with Gasteiger partial charge < -0.3 is 4.90 Å². The highest BCUT2D eigenvalue weighted by molar-refractivity contribution is 5.50. The zero-order valence-electron chi connectivity index (χ0n) is 11.1. The number of benzene rings is 2. The maximum absolute atomic E-state index is 3.99. The van der Waals surface area contributed by atoms with Gasteiger partial charge in [-0.2, -0.15) is 0 Å². The lowest BCUT2D eigenvalue weighted by Crippen LogP contribution is -2.27. The van der Waals surface area contributed by atoms with Crippen molar-refractivity contribution in [3.8, 4) is 0 Å². The molecule has 0 heterocycles. The van der Waals surface area contributed by atoms with E-state index in [1.165, 1.54) is 11.3 Å². The van der Waals surface area contributed by atoms with Gasteiger partial charge in [0.1, 0.15) is 0 Å². The van der Waals surface area contributed by atoms with Gasteiger partial charge in [-0.3, -0.25) is 0 Å². The third kappa shape index (κ3) is 3.14. The Balaban J connectivity index is 2.37. The summed E-state index contributed by atoms with van der Waals surface area (Å²) in [7, 11) is 0. The lowest BCUT2D eigenvalue weighted by Gasteiger charge is -2.31. The highest BCUT2D eigenvalue weighted by Gasteiger charge is 2.16. The van der Waals surface area contributed by atoms with E-state index in [0.717, 1.165) is 6.54 Å². The molecule has 0 saturated carbocycles. The number of anilines is 1. The molecule has 0 aromatic heterocycles. The number of para-hydroxylation sites is 1. The van der Waals surface area contributed by atoms with Gasteiger partial charge in [-0.05, 0) is 17.7 Å². The van der Waals surface area contributed by atoms with Gasteiger partial charge in [0.05, 0.1) is 6.04 Å². The first kappa shape index (κ1) is 13.2. The zero-order chi connectivity index (χ0) is 13.5. The maximum atomic E-state index is 3.99. The fourth-order valence-corrected chi connectivity index (χ4v) is 2.23. The highest BCUT2D eigenvalue weighted by Crippen LogP contribution is 2.27. The second kappa shape index (κ2) is 6.60. The average molecular weight is 249 g/mol. The van der Waals surface area contributed by atoms with Crippen LogP contribution in [-0.2, 0) is 0 Å². The van der Waals surface area contributed by atoms with Crippen molar-refractivity contribution in [1.29, 1.82) is 0 Å². The van der Waals surface area contributed by atoms with E-state index in [-0.39, 0.29) is 6.04 Å². The molecule has 19 heavy (non-hydrogen) atoms. The monoisotopic (exact) mass is 249 g/mol. The topological polar surface area (TPSA) is 3.24 Å². The summed E-state index contributed by atoms with van der Waals surface area (Å²) >= 11 is 0. The lowest BCUT2D eigenvalue weighted by atomic mass is 10.0. The van der Waals surface area contributed by atoms with Crippen LogP contribution in [0.5, 0.6) is 0 Å². The van der Waals surface area contributed by atoms with Gasteiger partial charge in [0.15, 0.2) is 0 Å². The van der Waals surface area contributed by atoms with Crippen LogP contribution in [0.25, 0.3) is 0 Å². The molecule has 1 unspecified atom stereocenters. The van der Waals surface area contributed by atoms with E-state index in [4.69, 9.17) is 0 Å². The molecule has 2 aromatic carbocycles. The Hall–Kier alpha value is -2.28. The van der Waals surface area contributed by atoms with Crippen LogP contribution in [0.1, 0.15) is 11.6 Å². The normalized spacial score (nSPS) is 11.6. The Morgan fingerprint density at radius 2 is 1.47 bits per heavy atom. The van der Waals surface area contributed by atoms with Gasteiger partial charge in [-0.1, -0.05) is 60.7 Å². The molecule has 0 bridgehead atoms. The summed E-state index contributed by atoms with van der Waals surface area (Å²) in [6, 6.07) is 20.9. The van der Waals surface area contributed by atoms with Crippen LogP contribution in [0.15, 0.2) is 86.0 Å². The van der Waals surface area contributed by atoms with E-state index in [2.05, 4.69) is 66.6 Å². The van der Waals surface area contributed by atoms with Crippen LogP contribution in [0.3, 0.4) is 0 Å². The van der Waals surface area contributed by atoms with Gasteiger partial charge in [0.25, 0.3) is 0 Å². The van der Waals surface area contributed by atoms with Gasteiger partial charge in [0, 0.05) is 12.2 Å². The second-order valence-corrected chi connectivity index (χ2v) is 4.37. The number of hydrogen-bond donors (Lipinski definition) is 0. The molecule has 96 valence electrons. The summed E-state index contributed by atoms with van der Waals surface area (Å²) in [4.78, 5) is 2.29. The summed E-state index contributed by atoms with van der Waals surface area (Å²) in [5, 5.41) is 0. The molecule has 0 aliphatic heterocycles. The first-order chi connectivity index (χ1) is 9.36. The van der Waals surface area contributed by atoms with Crippen molar-refractivity contribution < 1.29 is 0 Å². The first-order valence-electron chi connectivity index (χ1n) is 6.47. The number of nitrogens with zero attached hydrogens (tertiary/aromatic N) is 1. The van der Waals surface area contributed by atoms with Crippen LogP contribution < -0.4 is 4.90 Å². The molecule has 0 amide bonds. The third-order valence-corrected chi connectivity index (χ3v) is 3.11. The summed E-state index contributed by atoms with van der Waals surface area (Å²) in [5.41, 5.74) is 2.42. The van der Waals surface area contributed by atoms with Crippen LogP contribution in [0.4, 0.5) is 5.69 Å². The Morgan fingerprint density at radius 1 is 0.895 bits per heavy atom. The third-order valence-electron chi connectivity index (χ3n) is 3.11. The molecule has 0 saturated heterocycles. The lowest BCUT2D eigenvalue weighted by molar-refractivity contribution is 0.773. The van der Waals surface area contributed by atoms with E-state index in [1.54, 1.807) is 0 Å². The molecule has 2 rings (SSSR count). The Bertz CT molecular complexity index is 516. The Labute approximate surface area is 115 Å². The maximum Gasteiger partial charge on any atom is 0.0727 e. The minimum atomic E-state index is 0.154. The molecule has 1 nitrogen and oxygen atoms in total. The summed E-state index contributed by atoms with van der Waals surface area (Å²) in [5.74, 6) is 0. The summed E-state index contributed by atoms with van der Waals surface area (Å²) < 4.78 is 0. The molecule has 0 aliphatic rings. The Kier molecular flexibility index (Phi) is 4.57. The van der Waals surface area contributed by atoms with Crippen LogP contribution >= 0.6 is 0 Å². The number of rotatable bonds is 6. The minimum absolute atomic E-state index is 0.154. The van der Waals surface area contributed by atoms with Crippen molar-refractivity contribution in [2.24, 2.45) is 0 Å². The van der Waals surface area contributed by atoms with Crippen molar-refractivity contribution in [3.63, 3.8) is 0 Å². The molecule has 1 heteroatoms. The van der Waals surface area contributed by atoms with E-state index in [1.807, 2.05) is 24.3 Å². The van der Waals surface area contributed by atoms with Crippen LogP contribution in [0, 0.1) is 0 Å². The smallest absolute Gasteiger partial charge is 0.0727 e. The van der Waals surface area contributed by atoms with Crippen molar-refractivity contribution >= 4 is 5.69 Å². The predicted octanol–water partition coefficient (Wildman–Crippen LogP) is 4.61. The molecule has 0 N–H and O–H groups in total. The highest BCUT2D eigenvalue weighted by atomic mass is 15.2. The number of hydrogen-bond acceptors (Lipinski definition) is 1. The zero-order valence-corrected chi connectivity index (χ0v) is 11.1. The molecule has 0 aliphatic carbocycles. The molecule has 0 radical (unpaired) electrons. The van der Waals surface area contributed by atoms with E-state index < -0.39 is 0 Å². The molecule has 0 spiro atoms. The largest absolute Gasteiger partial charge is 0.357 e. The van der Waals surface area contributed by atoms with Crippen molar-refractivity contribution in [3.05, 3.63) is 91.5 Å². The average Bonchev–Trinajstić information content (AvgIpc) is 2.49. The van der Waals surface area contributed by atoms with Gasteiger partial charge >= 0.3 is 0 Å². The molecule has 0 fully saturated rings. The van der Waals surface area contributed by atoms with Crippen LogP contribution in [-0.4, -0.2) is 6.54 Å². The van der Waals surface area contributed by atoms with Crippen molar-refractivity contribution in [2.75, 3.05) is 11.4 Å². The Morgan fingerprint density at radius 3 is 2.00 bits per heavy atom. The molecule has 1 atom stereocenters. The quantitative estimate of drug-likeness (QED) is 0.676. The minimum Gasteiger partial charge on any atom is -0.357 e. The fourth-order valence-electron chi connectivity index (χ4n) is 2.23. The SMILES string of the molecule is C=CCN(c1ccccc1)C(C=C)c1ccccc1.